The highest BCUT2D eigenvalue weighted by Crippen LogP contribution is 2.44. The number of hydrogen-bond donors (Lipinski definition) is 0. The van der Waals surface area contributed by atoms with Gasteiger partial charge < -0.3 is 23.7 Å². The molecule has 2 heterocycles. The molecule has 0 radical (unpaired) electrons. The van der Waals surface area contributed by atoms with Crippen molar-refractivity contribution >= 4 is 16.8 Å². The first-order valence-corrected chi connectivity index (χ1v) is 10.8. The molecule has 0 saturated carbocycles. The summed E-state index contributed by atoms with van der Waals surface area (Å²) in [6.07, 6.45) is 3.15. The number of aromatic nitrogens is 1. The van der Waals surface area contributed by atoms with Crippen molar-refractivity contribution in [3.63, 3.8) is 0 Å². The highest BCUT2D eigenvalue weighted by atomic mass is 16.5. The Hall–Kier alpha value is -3.15. The van der Waals surface area contributed by atoms with Crippen molar-refractivity contribution in [3.05, 3.63) is 52.7 Å². The van der Waals surface area contributed by atoms with Crippen LogP contribution in [0.5, 0.6) is 17.2 Å². The number of fused-ring (bicyclic) bond motifs is 3. The average molecular weight is 421 g/mol. The lowest BCUT2D eigenvalue weighted by Gasteiger charge is -2.40. The van der Waals surface area contributed by atoms with Gasteiger partial charge in [0.25, 0.3) is 5.91 Å². The topological polar surface area (TPSA) is 52.9 Å². The molecule has 0 N–H and O–H groups in total. The minimum Gasteiger partial charge on any atom is -0.493 e. The van der Waals surface area contributed by atoms with Gasteiger partial charge in [-0.25, -0.2) is 0 Å². The Morgan fingerprint density at radius 2 is 1.74 bits per heavy atom. The fourth-order valence-electron chi connectivity index (χ4n) is 5.33. The molecule has 3 aromatic rings. The van der Waals surface area contributed by atoms with Crippen LogP contribution in [0.2, 0.25) is 0 Å². The molecule has 1 amide bonds. The first-order chi connectivity index (χ1) is 15.1. The van der Waals surface area contributed by atoms with Crippen LogP contribution in [0.3, 0.4) is 0 Å². The van der Waals surface area contributed by atoms with Gasteiger partial charge in [0.2, 0.25) is 5.75 Å². The van der Waals surface area contributed by atoms with E-state index in [0.717, 1.165) is 25.8 Å². The number of nitrogens with zero attached hydrogens (tertiary/aromatic N) is 2. The van der Waals surface area contributed by atoms with Crippen LogP contribution in [0, 0.1) is 6.92 Å². The second-order valence-corrected chi connectivity index (χ2v) is 8.36. The average Bonchev–Trinajstić information content (AvgIpc) is 3.12. The zero-order chi connectivity index (χ0) is 21.7. The molecular weight excluding hydrogens is 392 g/mol. The van der Waals surface area contributed by atoms with Gasteiger partial charge in [0.15, 0.2) is 11.5 Å². The van der Waals surface area contributed by atoms with Gasteiger partial charge in [-0.05, 0) is 56.0 Å². The number of carbonyl (C=O) groups excluding carboxylic acids is 1. The SMILES string of the molecule is COc1cc(C(=O)N2CCn3c4c(c5cc(C)ccc53)CCCC42)cc(OC)c1OC. The molecule has 1 aromatic heterocycles. The van der Waals surface area contributed by atoms with Crippen LogP contribution >= 0.6 is 0 Å². The standard InChI is InChI=1S/C25H28N2O4/c1-15-8-9-19-18(12-15)17-6-5-7-20-23(17)26(19)10-11-27(20)25(28)16-13-21(29-2)24(31-4)22(14-16)30-3/h8-9,12-14,20H,5-7,10-11H2,1-4H3. The third-order valence-corrected chi connectivity index (χ3v) is 6.70. The molecule has 2 aromatic carbocycles. The zero-order valence-corrected chi connectivity index (χ0v) is 18.5. The summed E-state index contributed by atoms with van der Waals surface area (Å²) >= 11 is 0. The van der Waals surface area contributed by atoms with Crippen LogP contribution in [0.15, 0.2) is 30.3 Å². The lowest BCUT2D eigenvalue weighted by atomic mass is 9.89. The number of hydrogen-bond acceptors (Lipinski definition) is 4. The number of benzene rings is 2. The maximum absolute atomic E-state index is 13.7. The fourth-order valence-corrected chi connectivity index (χ4v) is 5.33. The molecule has 6 heteroatoms. The maximum Gasteiger partial charge on any atom is 0.254 e. The largest absolute Gasteiger partial charge is 0.493 e. The molecule has 31 heavy (non-hydrogen) atoms. The lowest BCUT2D eigenvalue weighted by molar-refractivity contribution is 0.0600. The fraction of sp³-hybridized carbons (Fsp3) is 0.400. The Kier molecular flexibility index (Phi) is 4.80. The number of aryl methyl sites for hydroxylation is 2. The van der Waals surface area contributed by atoms with E-state index >= 15 is 0 Å². The Morgan fingerprint density at radius 3 is 2.42 bits per heavy atom. The van der Waals surface area contributed by atoms with Gasteiger partial charge in [0.1, 0.15) is 0 Å². The summed E-state index contributed by atoms with van der Waals surface area (Å²) in [5, 5.41) is 1.35. The van der Waals surface area contributed by atoms with Crippen LogP contribution < -0.4 is 14.2 Å². The molecule has 162 valence electrons. The minimum absolute atomic E-state index is 0.00443. The second kappa shape index (κ2) is 7.52. The summed E-state index contributed by atoms with van der Waals surface area (Å²) in [4.78, 5) is 15.7. The molecule has 1 aliphatic heterocycles. The first-order valence-electron chi connectivity index (χ1n) is 10.8. The van der Waals surface area contributed by atoms with Crippen LogP contribution in [0.1, 0.15) is 46.1 Å². The molecule has 6 nitrogen and oxygen atoms in total. The highest BCUT2D eigenvalue weighted by molar-refractivity contribution is 5.96. The molecule has 5 rings (SSSR count). The summed E-state index contributed by atoms with van der Waals surface area (Å²) in [6.45, 7) is 3.63. The van der Waals surface area contributed by atoms with Gasteiger partial charge in [0.05, 0.1) is 27.4 Å². The minimum atomic E-state index is 0.00443. The Morgan fingerprint density at radius 1 is 1.00 bits per heavy atom. The molecular formula is C25H28N2O4. The first kappa shape index (κ1) is 19.8. The van der Waals surface area contributed by atoms with Gasteiger partial charge in [-0.1, -0.05) is 11.6 Å². The molecule has 1 unspecified atom stereocenters. The monoisotopic (exact) mass is 420 g/mol. The van der Waals surface area contributed by atoms with E-state index in [1.165, 1.54) is 27.7 Å². The summed E-state index contributed by atoms with van der Waals surface area (Å²) < 4.78 is 18.8. The number of methoxy groups -OCH3 is 3. The zero-order valence-electron chi connectivity index (χ0n) is 18.5. The molecule has 0 saturated heterocycles. The summed E-state index contributed by atoms with van der Waals surface area (Å²) in [5.74, 6) is 1.49. The number of amides is 1. The van der Waals surface area contributed by atoms with E-state index in [1.54, 1.807) is 33.5 Å². The third-order valence-electron chi connectivity index (χ3n) is 6.70. The van der Waals surface area contributed by atoms with E-state index in [2.05, 4.69) is 29.7 Å². The Bertz CT molecular complexity index is 1150. The lowest BCUT2D eigenvalue weighted by Crippen LogP contribution is -2.43. The predicted molar refractivity (Wildman–Crippen MR) is 119 cm³/mol. The Balaban J connectivity index is 1.58. The molecule has 0 bridgehead atoms. The van der Waals surface area contributed by atoms with E-state index < -0.39 is 0 Å². The van der Waals surface area contributed by atoms with Crippen molar-refractivity contribution in [1.29, 1.82) is 0 Å². The molecule has 1 aliphatic carbocycles. The third kappa shape index (κ3) is 2.96. The van der Waals surface area contributed by atoms with Gasteiger partial charge >= 0.3 is 0 Å². The van der Waals surface area contributed by atoms with Crippen molar-refractivity contribution in [3.8, 4) is 17.2 Å². The number of carbonyl (C=O) groups is 1. The van der Waals surface area contributed by atoms with E-state index in [9.17, 15) is 4.79 Å². The van der Waals surface area contributed by atoms with Crippen molar-refractivity contribution in [2.24, 2.45) is 0 Å². The Labute approximate surface area is 182 Å². The van der Waals surface area contributed by atoms with E-state index in [-0.39, 0.29) is 11.9 Å². The van der Waals surface area contributed by atoms with Gasteiger partial charge in [-0.3, -0.25) is 4.79 Å². The quantitative estimate of drug-likeness (QED) is 0.623. The second-order valence-electron chi connectivity index (χ2n) is 8.36. The van der Waals surface area contributed by atoms with Crippen LogP contribution in [-0.2, 0) is 13.0 Å². The molecule has 0 spiro atoms. The summed E-state index contributed by atoms with van der Waals surface area (Å²) in [5.41, 5.74) is 5.86. The summed E-state index contributed by atoms with van der Waals surface area (Å²) in [7, 11) is 4.71. The maximum atomic E-state index is 13.7. The van der Waals surface area contributed by atoms with E-state index in [1.807, 2.05) is 4.90 Å². The van der Waals surface area contributed by atoms with Crippen LogP contribution in [0.25, 0.3) is 10.9 Å². The molecule has 0 fully saturated rings. The number of ether oxygens (including phenoxy) is 3. The van der Waals surface area contributed by atoms with E-state index in [4.69, 9.17) is 14.2 Å². The summed E-state index contributed by atoms with van der Waals surface area (Å²) in [6, 6.07) is 10.3. The van der Waals surface area contributed by atoms with Crippen molar-refractivity contribution < 1.29 is 19.0 Å². The van der Waals surface area contributed by atoms with Gasteiger partial charge in [0, 0.05) is 35.2 Å². The van der Waals surface area contributed by atoms with Crippen LogP contribution in [0.4, 0.5) is 0 Å². The van der Waals surface area contributed by atoms with Gasteiger partial charge in [-0.15, -0.1) is 0 Å². The van der Waals surface area contributed by atoms with Crippen molar-refractivity contribution in [2.45, 2.75) is 38.8 Å². The van der Waals surface area contributed by atoms with Crippen molar-refractivity contribution in [1.82, 2.24) is 9.47 Å². The van der Waals surface area contributed by atoms with Crippen LogP contribution in [-0.4, -0.2) is 43.2 Å². The predicted octanol–water partition coefficient (Wildman–Crippen LogP) is 4.51. The highest BCUT2D eigenvalue weighted by Gasteiger charge is 2.37. The number of rotatable bonds is 4. The normalized spacial score (nSPS) is 17.4. The molecule has 1 atom stereocenters. The van der Waals surface area contributed by atoms with Gasteiger partial charge in [-0.2, -0.15) is 0 Å². The smallest absolute Gasteiger partial charge is 0.254 e. The molecule has 2 aliphatic rings. The van der Waals surface area contributed by atoms with Crippen molar-refractivity contribution in [2.75, 3.05) is 27.9 Å². The van der Waals surface area contributed by atoms with E-state index in [0.29, 0.717) is 29.4 Å².